The third kappa shape index (κ3) is 5.04. The minimum atomic E-state index is 0.0967. The molecule has 0 aromatic heterocycles. The average Bonchev–Trinajstić information content (AvgIpc) is 3.11. The van der Waals surface area contributed by atoms with E-state index in [9.17, 15) is 4.79 Å². The largest absolute Gasteiger partial charge is 0.494 e. The molecule has 30 heavy (non-hydrogen) atoms. The summed E-state index contributed by atoms with van der Waals surface area (Å²) in [5.74, 6) is 3.48. The number of nitrogens with zero attached hydrogens (tertiary/aromatic N) is 1. The molecule has 1 amide bonds. The molecule has 0 saturated carbocycles. The van der Waals surface area contributed by atoms with Gasteiger partial charge < -0.3 is 19.1 Å². The van der Waals surface area contributed by atoms with E-state index >= 15 is 0 Å². The van der Waals surface area contributed by atoms with Gasteiger partial charge in [-0.15, -0.1) is 0 Å². The van der Waals surface area contributed by atoms with E-state index in [-0.39, 0.29) is 5.91 Å². The fraction of sp³-hybridized carbons (Fsp3) is 0.458. The van der Waals surface area contributed by atoms with E-state index in [1.54, 1.807) is 0 Å². The highest BCUT2D eigenvalue weighted by atomic mass is 32.2. The van der Waals surface area contributed by atoms with E-state index in [1.807, 2.05) is 47.0 Å². The zero-order valence-corrected chi connectivity index (χ0v) is 18.3. The molecule has 5 nitrogen and oxygen atoms in total. The fourth-order valence-electron chi connectivity index (χ4n) is 3.77. The number of unbranched alkanes of at least 4 members (excludes halogenated alkanes) is 2. The van der Waals surface area contributed by atoms with Crippen molar-refractivity contribution in [1.29, 1.82) is 0 Å². The van der Waals surface area contributed by atoms with Crippen molar-refractivity contribution >= 4 is 17.7 Å². The maximum absolute atomic E-state index is 13.0. The van der Waals surface area contributed by atoms with Crippen LogP contribution in [0.2, 0.25) is 0 Å². The first-order valence-corrected chi connectivity index (χ1v) is 11.8. The zero-order valence-electron chi connectivity index (χ0n) is 17.5. The normalized spacial score (nSPS) is 18.2. The minimum Gasteiger partial charge on any atom is -0.494 e. The highest BCUT2D eigenvalue weighted by Gasteiger charge is 2.24. The summed E-state index contributed by atoms with van der Waals surface area (Å²) >= 11 is 1.90. The van der Waals surface area contributed by atoms with Gasteiger partial charge in [-0.3, -0.25) is 4.79 Å². The van der Waals surface area contributed by atoms with Gasteiger partial charge in [0.1, 0.15) is 5.75 Å². The molecule has 2 aliphatic rings. The number of carbonyl (C=O) groups excluding carboxylic acids is 1. The van der Waals surface area contributed by atoms with Crippen molar-refractivity contribution in [3.8, 4) is 17.2 Å². The molecule has 160 valence electrons. The Morgan fingerprint density at radius 3 is 2.77 bits per heavy atom. The quantitative estimate of drug-likeness (QED) is 0.561. The average molecular weight is 428 g/mol. The Labute approximate surface area is 182 Å². The molecular weight excluding hydrogens is 398 g/mol. The van der Waals surface area contributed by atoms with Crippen LogP contribution in [-0.4, -0.2) is 43.0 Å². The third-order valence-electron chi connectivity index (χ3n) is 5.51. The van der Waals surface area contributed by atoms with Gasteiger partial charge in [0.15, 0.2) is 11.5 Å². The van der Waals surface area contributed by atoms with Crippen LogP contribution in [0.1, 0.15) is 53.8 Å². The van der Waals surface area contributed by atoms with Crippen molar-refractivity contribution in [2.75, 3.05) is 32.2 Å². The van der Waals surface area contributed by atoms with E-state index in [0.717, 1.165) is 61.1 Å². The molecule has 0 bridgehead atoms. The number of benzene rings is 2. The Balaban J connectivity index is 1.33. The Morgan fingerprint density at radius 1 is 1.10 bits per heavy atom. The van der Waals surface area contributed by atoms with E-state index < -0.39 is 0 Å². The van der Waals surface area contributed by atoms with Crippen LogP contribution in [-0.2, 0) is 0 Å². The van der Waals surface area contributed by atoms with Crippen LogP contribution < -0.4 is 14.2 Å². The van der Waals surface area contributed by atoms with Crippen molar-refractivity contribution in [2.24, 2.45) is 0 Å². The van der Waals surface area contributed by atoms with E-state index in [0.29, 0.717) is 12.0 Å². The maximum Gasteiger partial charge on any atom is 0.253 e. The molecule has 2 aromatic carbocycles. The zero-order chi connectivity index (χ0) is 20.8. The lowest BCUT2D eigenvalue weighted by atomic mass is 10.1. The second kappa shape index (κ2) is 10.1. The third-order valence-corrected chi connectivity index (χ3v) is 6.84. The molecule has 1 saturated heterocycles. The first-order chi connectivity index (χ1) is 14.7. The van der Waals surface area contributed by atoms with E-state index in [4.69, 9.17) is 14.2 Å². The van der Waals surface area contributed by atoms with Crippen molar-refractivity contribution in [3.05, 3.63) is 53.6 Å². The van der Waals surface area contributed by atoms with Gasteiger partial charge >= 0.3 is 0 Å². The highest BCUT2D eigenvalue weighted by Crippen LogP contribution is 2.40. The SMILES string of the molecule is CCCCCOc1ccc(C(=O)N2CCSC(c3ccc4c(c3)OCO4)CC2)cc1. The van der Waals surface area contributed by atoms with Gasteiger partial charge in [-0.25, -0.2) is 0 Å². The van der Waals surface area contributed by atoms with Gasteiger partial charge in [0.25, 0.3) is 5.91 Å². The Morgan fingerprint density at radius 2 is 1.93 bits per heavy atom. The summed E-state index contributed by atoms with van der Waals surface area (Å²) in [4.78, 5) is 15.0. The molecule has 1 atom stereocenters. The van der Waals surface area contributed by atoms with E-state index in [2.05, 4.69) is 19.1 Å². The highest BCUT2D eigenvalue weighted by molar-refractivity contribution is 7.99. The molecule has 0 radical (unpaired) electrons. The number of fused-ring (bicyclic) bond motifs is 1. The standard InChI is InChI=1S/C24H29NO4S/c1-2-3-4-14-27-20-8-5-18(6-9-20)24(26)25-12-11-23(30-15-13-25)19-7-10-21-22(16-19)29-17-28-21/h5-10,16,23H,2-4,11-15,17H2,1H3. The summed E-state index contributed by atoms with van der Waals surface area (Å²) < 4.78 is 16.7. The van der Waals surface area contributed by atoms with Gasteiger partial charge in [0.2, 0.25) is 6.79 Å². The Hall–Kier alpha value is -2.34. The number of amides is 1. The first-order valence-electron chi connectivity index (χ1n) is 10.8. The van der Waals surface area contributed by atoms with Gasteiger partial charge in [0.05, 0.1) is 6.61 Å². The molecule has 0 aliphatic carbocycles. The van der Waals surface area contributed by atoms with Gasteiger partial charge in [-0.1, -0.05) is 25.8 Å². The van der Waals surface area contributed by atoms with Crippen LogP contribution in [0.15, 0.2) is 42.5 Å². The smallest absolute Gasteiger partial charge is 0.253 e. The summed E-state index contributed by atoms with van der Waals surface area (Å²) in [5.41, 5.74) is 1.96. The lowest BCUT2D eigenvalue weighted by molar-refractivity contribution is 0.0766. The van der Waals surface area contributed by atoms with Crippen molar-refractivity contribution in [2.45, 2.75) is 37.9 Å². The Kier molecular flexibility index (Phi) is 7.05. The van der Waals surface area contributed by atoms with Crippen LogP contribution in [0, 0.1) is 0 Å². The molecule has 2 aromatic rings. The number of ether oxygens (including phenoxy) is 3. The lowest BCUT2D eigenvalue weighted by Gasteiger charge is -2.20. The fourth-order valence-corrected chi connectivity index (χ4v) is 4.99. The monoisotopic (exact) mass is 427 g/mol. The van der Waals surface area contributed by atoms with Crippen LogP contribution in [0.4, 0.5) is 0 Å². The minimum absolute atomic E-state index is 0.0967. The first kappa shape index (κ1) is 20.9. The second-order valence-corrected chi connectivity index (χ2v) is 8.94. The topological polar surface area (TPSA) is 48.0 Å². The molecular formula is C24H29NO4S. The van der Waals surface area contributed by atoms with Crippen molar-refractivity contribution in [1.82, 2.24) is 4.90 Å². The van der Waals surface area contributed by atoms with Crippen LogP contribution in [0.3, 0.4) is 0 Å². The molecule has 2 aliphatic heterocycles. The predicted molar refractivity (Wildman–Crippen MR) is 120 cm³/mol. The predicted octanol–water partition coefficient (Wildman–Crippen LogP) is 5.30. The number of hydrogen-bond acceptors (Lipinski definition) is 5. The molecule has 2 heterocycles. The summed E-state index contributed by atoms with van der Waals surface area (Å²) in [6.07, 6.45) is 4.35. The molecule has 1 fully saturated rings. The molecule has 6 heteroatoms. The number of thioether (sulfide) groups is 1. The molecule has 0 spiro atoms. The summed E-state index contributed by atoms with van der Waals surface area (Å²) in [6, 6.07) is 13.7. The lowest BCUT2D eigenvalue weighted by Crippen LogP contribution is -2.32. The molecule has 1 unspecified atom stereocenters. The number of carbonyl (C=O) groups is 1. The Bertz CT molecular complexity index is 855. The van der Waals surface area contributed by atoms with Crippen LogP contribution in [0.25, 0.3) is 0 Å². The summed E-state index contributed by atoms with van der Waals surface area (Å²) in [5, 5.41) is 0.358. The van der Waals surface area contributed by atoms with Crippen LogP contribution in [0.5, 0.6) is 17.2 Å². The van der Waals surface area contributed by atoms with Crippen LogP contribution >= 0.6 is 11.8 Å². The summed E-state index contributed by atoms with van der Waals surface area (Å²) in [6.45, 7) is 4.71. The second-order valence-electron chi connectivity index (χ2n) is 7.63. The maximum atomic E-state index is 13.0. The summed E-state index contributed by atoms with van der Waals surface area (Å²) in [7, 11) is 0. The molecule has 4 rings (SSSR count). The van der Waals surface area contributed by atoms with Crippen molar-refractivity contribution in [3.63, 3.8) is 0 Å². The number of hydrogen-bond donors (Lipinski definition) is 0. The van der Waals surface area contributed by atoms with Gasteiger partial charge in [-0.05, 0) is 54.8 Å². The van der Waals surface area contributed by atoms with Gasteiger partial charge in [-0.2, -0.15) is 11.8 Å². The number of rotatable bonds is 7. The van der Waals surface area contributed by atoms with E-state index in [1.165, 1.54) is 18.4 Å². The molecule has 0 N–H and O–H groups in total. The van der Waals surface area contributed by atoms with Gasteiger partial charge in [0, 0.05) is 29.7 Å². The van der Waals surface area contributed by atoms with Crippen molar-refractivity contribution < 1.29 is 19.0 Å².